The van der Waals surface area contributed by atoms with Crippen molar-refractivity contribution in [2.24, 2.45) is 5.73 Å². The molecule has 4 N–H and O–H groups in total. The number of carbonyl (C=O) groups excluding carboxylic acids is 2. The van der Waals surface area contributed by atoms with Gasteiger partial charge in [-0.15, -0.1) is 0 Å². The van der Waals surface area contributed by atoms with E-state index in [1.165, 1.54) is 0 Å². The van der Waals surface area contributed by atoms with Crippen LogP contribution in [0.3, 0.4) is 0 Å². The molecule has 0 bridgehead atoms. The number of amides is 3. The molecule has 0 aliphatic carbocycles. The Labute approximate surface area is 168 Å². The monoisotopic (exact) mass is 393 g/mol. The Morgan fingerprint density at radius 2 is 1.54 bits per heavy atom. The van der Waals surface area contributed by atoms with Crippen molar-refractivity contribution in [3.05, 3.63) is 89.4 Å². The first-order valence-corrected chi connectivity index (χ1v) is 9.16. The molecule has 3 rings (SSSR count). The molecule has 3 amide bonds. The van der Waals surface area contributed by atoms with E-state index in [-0.39, 0.29) is 12.3 Å². The summed E-state index contributed by atoms with van der Waals surface area (Å²) >= 11 is 5.92. The van der Waals surface area contributed by atoms with E-state index < -0.39 is 12.1 Å². The summed E-state index contributed by atoms with van der Waals surface area (Å²) < 4.78 is 0. The molecule has 0 aliphatic rings. The third-order valence-corrected chi connectivity index (χ3v) is 4.52. The van der Waals surface area contributed by atoms with Gasteiger partial charge in [0, 0.05) is 16.3 Å². The Kier molecular flexibility index (Phi) is 6.29. The highest BCUT2D eigenvalue weighted by Gasteiger charge is 2.18. The number of hydrogen-bond donors (Lipinski definition) is 3. The van der Waals surface area contributed by atoms with E-state index in [0.717, 1.165) is 16.7 Å². The van der Waals surface area contributed by atoms with Gasteiger partial charge in [-0.1, -0.05) is 72.3 Å². The number of primary amides is 1. The van der Waals surface area contributed by atoms with Crippen molar-refractivity contribution in [3.8, 4) is 11.1 Å². The second-order valence-electron chi connectivity index (χ2n) is 6.28. The molecule has 1 atom stereocenters. The molecule has 0 saturated carbocycles. The smallest absolute Gasteiger partial charge is 0.312 e. The van der Waals surface area contributed by atoms with Crippen LogP contribution in [0.1, 0.15) is 18.0 Å². The van der Waals surface area contributed by atoms with Crippen molar-refractivity contribution >= 4 is 29.2 Å². The summed E-state index contributed by atoms with van der Waals surface area (Å²) in [4.78, 5) is 24.1. The lowest BCUT2D eigenvalue weighted by Gasteiger charge is -2.18. The first kappa shape index (κ1) is 19.5. The van der Waals surface area contributed by atoms with Crippen LogP contribution in [0.5, 0.6) is 0 Å². The molecule has 3 aromatic carbocycles. The Hall–Kier alpha value is -3.31. The van der Waals surface area contributed by atoms with Crippen LogP contribution in [0, 0.1) is 0 Å². The van der Waals surface area contributed by atoms with E-state index in [1.807, 2.05) is 54.6 Å². The zero-order chi connectivity index (χ0) is 19.9. The average molecular weight is 394 g/mol. The molecule has 0 heterocycles. The molecule has 5 nitrogen and oxygen atoms in total. The topological polar surface area (TPSA) is 84.2 Å². The molecule has 142 valence electrons. The van der Waals surface area contributed by atoms with Crippen molar-refractivity contribution in [1.29, 1.82) is 0 Å². The van der Waals surface area contributed by atoms with E-state index in [2.05, 4.69) is 10.6 Å². The Morgan fingerprint density at radius 1 is 0.893 bits per heavy atom. The van der Waals surface area contributed by atoms with E-state index >= 15 is 0 Å². The number of anilines is 1. The van der Waals surface area contributed by atoms with Gasteiger partial charge >= 0.3 is 6.03 Å². The van der Waals surface area contributed by atoms with E-state index in [0.29, 0.717) is 10.7 Å². The summed E-state index contributed by atoms with van der Waals surface area (Å²) in [5, 5.41) is 6.12. The van der Waals surface area contributed by atoms with Crippen LogP contribution in [0.2, 0.25) is 5.02 Å². The van der Waals surface area contributed by atoms with Gasteiger partial charge in [0.25, 0.3) is 0 Å². The van der Waals surface area contributed by atoms with Crippen LogP contribution < -0.4 is 16.4 Å². The van der Waals surface area contributed by atoms with Crippen LogP contribution in [-0.2, 0) is 4.79 Å². The minimum Gasteiger partial charge on any atom is -0.352 e. The number of para-hydroxylation sites is 1. The molecule has 0 aliphatic heterocycles. The van der Waals surface area contributed by atoms with Crippen LogP contribution in [0.25, 0.3) is 11.1 Å². The number of rotatable bonds is 6. The lowest BCUT2D eigenvalue weighted by molar-refractivity contribution is -0.116. The van der Waals surface area contributed by atoms with Crippen molar-refractivity contribution in [2.75, 3.05) is 5.32 Å². The second kappa shape index (κ2) is 9.06. The normalized spacial score (nSPS) is 11.5. The minimum atomic E-state index is -0.697. The van der Waals surface area contributed by atoms with Crippen LogP contribution in [-0.4, -0.2) is 11.9 Å². The zero-order valence-corrected chi connectivity index (χ0v) is 15.8. The Balaban J connectivity index is 1.78. The number of nitrogens with one attached hydrogen (secondary N) is 2. The highest BCUT2D eigenvalue weighted by molar-refractivity contribution is 6.30. The highest BCUT2D eigenvalue weighted by atomic mass is 35.5. The number of urea groups is 1. The van der Waals surface area contributed by atoms with Crippen LogP contribution >= 0.6 is 11.6 Å². The van der Waals surface area contributed by atoms with Gasteiger partial charge < -0.3 is 16.4 Å². The first-order valence-electron chi connectivity index (χ1n) is 8.78. The molecular weight excluding hydrogens is 374 g/mol. The standard InChI is InChI=1S/C22H20ClN3O2/c23-17-12-10-16(11-13-17)20(26-22(24)28)14-21(27)25-19-9-5-4-8-18(19)15-6-2-1-3-7-15/h1-13,20H,14H2,(H,25,27)(H3,24,26,28). The number of hydrogen-bond acceptors (Lipinski definition) is 2. The lowest BCUT2D eigenvalue weighted by atomic mass is 10.0. The van der Waals surface area contributed by atoms with Gasteiger partial charge in [0.05, 0.1) is 12.5 Å². The van der Waals surface area contributed by atoms with Gasteiger partial charge in [0.15, 0.2) is 0 Å². The summed E-state index contributed by atoms with van der Waals surface area (Å²) in [6.45, 7) is 0. The molecule has 0 aromatic heterocycles. The quantitative estimate of drug-likeness (QED) is 0.564. The predicted molar refractivity (Wildman–Crippen MR) is 112 cm³/mol. The number of carbonyl (C=O) groups is 2. The molecule has 0 saturated heterocycles. The summed E-state index contributed by atoms with van der Waals surface area (Å²) in [7, 11) is 0. The van der Waals surface area contributed by atoms with Gasteiger partial charge in [-0.3, -0.25) is 4.79 Å². The zero-order valence-electron chi connectivity index (χ0n) is 15.1. The predicted octanol–water partition coefficient (Wildman–Crippen LogP) is 4.75. The minimum absolute atomic E-state index is 0.0354. The van der Waals surface area contributed by atoms with Gasteiger partial charge in [0.2, 0.25) is 5.91 Å². The van der Waals surface area contributed by atoms with E-state index in [4.69, 9.17) is 17.3 Å². The molecular formula is C22H20ClN3O2. The summed E-state index contributed by atoms with van der Waals surface area (Å²) in [5.74, 6) is -0.239. The highest BCUT2D eigenvalue weighted by Crippen LogP contribution is 2.28. The fourth-order valence-corrected chi connectivity index (χ4v) is 3.09. The van der Waals surface area contributed by atoms with Crippen molar-refractivity contribution in [3.63, 3.8) is 0 Å². The lowest BCUT2D eigenvalue weighted by Crippen LogP contribution is -2.35. The molecule has 3 aromatic rings. The Bertz CT molecular complexity index is 959. The maximum atomic E-state index is 12.7. The van der Waals surface area contributed by atoms with Crippen molar-refractivity contribution in [1.82, 2.24) is 5.32 Å². The number of nitrogens with two attached hydrogens (primary N) is 1. The van der Waals surface area contributed by atoms with Crippen molar-refractivity contribution in [2.45, 2.75) is 12.5 Å². The largest absolute Gasteiger partial charge is 0.352 e. The van der Waals surface area contributed by atoms with E-state index in [1.54, 1.807) is 24.3 Å². The SMILES string of the molecule is NC(=O)NC(CC(=O)Nc1ccccc1-c1ccccc1)c1ccc(Cl)cc1. The van der Waals surface area contributed by atoms with Crippen molar-refractivity contribution < 1.29 is 9.59 Å². The number of halogens is 1. The van der Waals surface area contributed by atoms with Gasteiger partial charge in [-0.05, 0) is 29.3 Å². The average Bonchev–Trinajstić information content (AvgIpc) is 2.69. The second-order valence-corrected chi connectivity index (χ2v) is 6.71. The summed E-state index contributed by atoms with van der Waals surface area (Å²) in [6.07, 6.45) is 0.0354. The summed E-state index contributed by atoms with van der Waals surface area (Å²) in [5.41, 5.74) is 8.65. The third-order valence-electron chi connectivity index (χ3n) is 4.26. The molecule has 0 fully saturated rings. The van der Waals surface area contributed by atoms with Gasteiger partial charge in [0.1, 0.15) is 0 Å². The third kappa shape index (κ3) is 5.11. The maximum absolute atomic E-state index is 12.7. The summed E-state index contributed by atoms with van der Waals surface area (Å²) in [6, 6.07) is 23.0. The molecule has 0 spiro atoms. The fourth-order valence-electron chi connectivity index (χ4n) is 2.97. The molecule has 1 unspecified atom stereocenters. The van der Waals surface area contributed by atoms with Crippen LogP contribution in [0.4, 0.5) is 10.5 Å². The van der Waals surface area contributed by atoms with Crippen LogP contribution in [0.15, 0.2) is 78.9 Å². The molecule has 28 heavy (non-hydrogen) atoms. The number of benzene rings is 3. The molecule has 6 heteroatoms. The fraction of sp³-hybridized carbons (Fsp3) is 0.0909. The molecule has 0 radical (unpaired) electrons. The van der Waals surface area contributed by atoms with Gasteiger partial charge in [-0.2, -0.15) is 0 Å². The first-order chi connectivity index (χ1) is 13.5. The van der Waals surface area contributed by atoms with Gasteiger partial charge in [-0.25, -0.2) is 4.79 Å². The van der Waals surface area contributed by atoms with E-state index in [9.17, 15) is 9.59 Å². The Morgan fingerprint density at radius 3 is 2.21 bits per heavy atom. The maximum Gasteiger partial charge on any atom is 0.312 e.